The number of pyridine rings is 2. The third-order valence-corrected chi connectivity index (χ3v) is 7.31. The first kappa shape index (κ1) is 24.6. The minimum absolute atomic E-state index is 0.0687. The molecular formula is C29H33N7O. The first-order valence-electron chi connectivity index (χ1n) is 13.0. The van der Waals surface area contributed by atoms with E-state index in [0.717, 1.165) is 67.5 Å². The molecule has 4 heterocycles. The zero-order chi connectivity index (χ0) is 25.8. The number of nitriles is 1. The molecule has 0 aliphatic carbocycles. The summed E-state index contributed by atoms with van der Waals surface area (Å²) in [5, 5.41) is 12.7. The molecule has 1 aromatic carbocycles. The van der Waals surface area contributed by atoms with Crippen molar-refractivity contribution in [2.24, 2.45) is 0 Å². The largest absolute Gasteiger partial charge is 0.382 e. The zero-order valence-electron chi connectivity index (χ0n) is 21.5. The number of nitrogens with zero attached hydrogens (tertiary/aromatic N) is 6. The van der Waals surface area contributed by atoms with Crippen LogP contribution in [-0.4, -0.2) is 66.1 Å². The van der Waals surface area contributed by atoms with Gasteiger partial charge in [-0.15, -0.1) is 0 Å². The summed E-state index contributed by atoms with van der Waals surface area (Å²) in [6, 6.07) is 16.1. The molecule has 0 unspecified atom stereocenters. The highest BCUT2D eigenvalue weighted by molar-refractivity contribution is 5.95. The molecule has 1 N–H and O–H groups in total. The molecule has 8 nitrogen and oxygen atoms in total. The summed E-state index contributed by atoms with van der Waals surface area (Å²) in [5.41, 5.74) is 4.65. The number of piperazine rings is 1. The summed E-state index contributed by atoms with van der Waals surface area (Å²) in [5.74, 6) is 1.93. The number of nitrogens with one attached hydrogen (secondary N) is 1. The summed E-state index contributed by atoms with van der Waals surface area (Å²) in [7, 11) is 0. The number of anilines is 3. The molecule has 2 aliphatic rings. The number of amides is 1. The van der Waals surface area contributed by atoms with E-state index >= 15 is 0 Å². The van der Waals surface area contributed by atoms with Crippen molar-refractivity contribution in [3.63, 3.8) is 0 Å². The summed E-state index contributed by atoms with van der Waals surface area (Å²) in [6.07, 6.45) is 5.43. The van der Waals surface area contributed by atoms with E-state index in [1.54, 1.807) is 6.20 Å². The molecule has 0 atom stereocenters. The van der Waals surface area contributed by atoms with Crippen molar-refractivity contribution >= 4 is 23.2 Å². The maximum absolute atomic E-state index is 13.3. The lowest BCUT2D eigenvalue weighted by atomic mass is 10.0. The van der Waals surface area contributed by atoms with Crippen LogP contribution in [0.2, 0.25) is 0 Å². The van der Waals surface area contributed by atoms with Gasteiger partial charge in [-0.2, -0.15) is 5.26 Å². The Hall–Kier alpha value is -4.12. The van der Waals surface area contributed by atoms with Crippen LogP contribution in [0.3, 0.4) is 0 Å². The predicted octanol–water partition coefficient (Wildman–Crippen LogP) is 4.01. The third-order valence-electron chi connectivity index (χ3n) is 7.31. The number of rotatable bonds is 5. The number of benzene rings is 1. The standard InChI is InChI=1S/C29H33N7O/c1-21-3-6-27(32-20-21)34-13-15-35(16-14-34)28-18-24(7-10-31-28)29(37)36-11-8-25(9-12-36)33-26-5-4-23(19-30)17-22(26)2/h3-7,10,17-18,20,25,33H,8-9,11-16H2,1-2H3. The fourth-order valence-corrected chi connectivity index (χ4v) is 5.06. The molecule has 8 heteroatoms. The van der Waals surface area contributed by atoms with E-state index in [1.165, 1.54) is 0 Å². The van der Waals surface area contributed by atoms with E-state index in [2.05, 4.69) is 43.3 Å². The molecule has 37 heavy (non-hydrogen) atoms. The number of hydrogen-bond donors (Lipinski definition) is 1. The molecule has 0 saturated carbocycles. The highest BCUT2D eigenvalue weighted by atomic mass is 16.2. The second-order valence-corrected chi connectivity index (χ2v) is 9.92. The van der Waals surface area contributed by atoms with Gasteiger partial charge in [0, 0.05) is 69.0 Å². The van der Waals surface area contributed by atoms with E-state index in [4.69, 9.17) is 5.26 Å². The number of aromatic nitrogens is 2. The van der Waals surface area contributed by atoms with Crippen molar-refractivity contribution in [1.29, 1.82) is 5.26 Å². The van der Waals surface area contributed by atoms with E-state index < -0.39 is 0 Å². The fraction of sp³-hybridized carbons (Fsp3) is 0.379. The zero-order valence-corrected chi connectivity index (χ0v) is 21.5. The first-order valence-corrected chi connectivity index (χ1v) is 13.0. The molecule has 2 aliphatic heterocycles. The number of carbonyl (C=O) groups excluding carboxylic acids is 1. The smallest absolute Gasteiger partial charge is 0.254 e. The average molecular weight is 496 g/mol. The van der Waals surface area contributed by atoms with Crippen LogP contribution in [0.1, 0.15) is 39.9 Å². The van der Waals surface area contributed by atoms with Crippen LogP contribution in [0.4, 0.5) is 17.3 Å². The first-order chi connectivity index (χ1) is 18.0. The highest BCUT2D eigenvalue weighted by Crippen LogP contribution is 2.23. The lowest BCUT2D eigenvalue weighted by Gasteiger charge is -2.36. The molecule has 2 aromatic heterocycles. The monoisotopic (exact) mass is 495 g/mol. The van der Waals surface area contributed by atoms with E-state index in [0.29, 0.717) is 30.3 Å². The van der Waals surface area contributed by atoms with Gasteiger partial charge < -0.3 is 20.0 Å². The van der Waals surface area contributed by atoms with Crippen molar-refractivity contribution in [2.75, 3.05) is 54.4 Å². The van der Waals surface area contributed by atoms with E-state index in [-0.39, 0.29) is 5.91 Å². The number of hydrogen-bond acceptors (Lipinski definition) is 7. The second-order valence-electron chi connectivity index (χ2n) is 9.92. The van der Waals surface area contributed by atoms with Crippen LogP contribution in [0.25, 0.3) is 0 Å². The minimum Gasteiger partial charge on any atom is -0.382 e. The van der Waals surface area contributed by atoms with Crippen LogP contribution in [0, 0.1) is 25.2 Å². The SMILES string of the molecule is Cc1ccc(N2CCN(c3cc(C(=O)N4CCC(Nc5ccc(C#N)cc5C)CC4)ccn3)CC2)nc1. The van der Waals surface area contributed by atoms with Crippen molar-refractivity contribution in [3.05, 3.63) is 77.1 Å². The predicted molar refractivity (Wildman–Crippen MR) is 146 cm³/mol. The normalized spacial score (nSPS) is 16.4. The highest BCUT2D eigenvalue weighted by Gasteiger charge is 2.25. The minimum atomic E-state index is 0.0687. The average Bonchev–Trinajstić information content (AvgIpc) is 2.95. The van der Waals surface area contributed by atoms with Crippen molar-refractivity contribution in [3.8, 4) is 6.07 Å². The lowest BCUT2D eigenvalue weighted by molar-refractivity contribution is 0.0718. The molecular weight excluding hydrogens is 462 g/mol. The van der Waals surface area contributed by atoms with Gasteiger partial charge in [0.1, 0.15) is 11.6 Å². The molecule has 0 bridgehead atoms. The Labute approximate surface area is 218 Å². The fourth-order valence-electron chi connectivity index (χ4n) is 5.06. The van der Waals surface area contributed by atoms with E-state index in [9.17, 15) is 4.79 Å². The molecule has 2 saturated heterocycles. The summed E-state index contributed by atoms with van der Waals surface area (Å²) < 4.78 is 0. The number of carbonyl (C=O) groups is 1. The number of likely N-dealkylation sites (tertiary alicyclic amines) is 1. The van der Waals surface area contributed by atoms with E-state index in [1.807, 2.05) is 55.3 Å². The van der Waals surface area contributed by atoms with Crippen LogP contribution >= 0.6 is 0 Å². The van der Waals surface area contributed by atoms with Gasteiger partial charge >= 0.3 is 0 Å². The van der Waals surface area contributed by atoms with Gasteiger partial charge in [0.05, 0.1) is 11.6 Å². The molecule has 1 amide bonds. The third kappa shape index (κ3) is 5.67. The number of aryl methyl sites for hydroxylation is 2. The summed E-state index contributed by atoms with van der Waals surface area (Å²) in [6.45, 7) is 8.91. The van der Waals surface area contributed by atoms with Gasteiger partial charge in [-0.1, -0.05) is 6.07 Å². The Bertz CT molecular complexity index is 1280. The quantitative estimate of drug-likeness (QED) is 0.572. The van der Waals surface area contributed by atoms with Crippen LogP contribution in [0.15, 0.2) is 54.9 Å². The van der Waals surface area contributed by atoms with Crippen molar-refractivity contribution in [2.45, 2.75) is 32.7 Å². The Morgan fingerprint density at radius 2 is 1.65 bits per heavy atom. The maximum Gasteiger partial charge on any atom is 0.254 e. The second kappa shape index (κ2) is 10.9. The Balaban J connectivity index is 1.15. The van der Waals surface area contributed by atoms with Gasteiger partial charge in [-0.3, -0.25) is 4.79 Å². The Morgan fingerprint density at radius 3 is 2.30 bits per heavy atom. The van der Waals surface area contributed by atoms with Crippen molar-refractivity contribution in [1.82, 2.24) is 14.9 Å². The lowest BCUT2D eigenvalue weighted by Crippen LogP contribution is -2.47. The Kier molecular flexibility index (Phi) is 7.22. The maximum atomic E-state index is 13.3. The van der Waals surface area contributed by atoms with Gasteiger partial charge in [-0.05, 0) is 74.2 Å². The summed E-state index contributed by atoms with van der Waals surface area (Å²) >= 11 is 0. The number of piperidine rings is 1. The van der Waals surface area contributed by atoms with Gasteiger partial charge in [0.2, 0.25) is 0 Å². The van der Waals surface area contributed by atoms with Gasteiger partial charge in [-0.25, -0.2) is 9.97 Å². The summed E-state index contributed by atoms with van der Waals surface area (Å²) in [4.78, 5) is 28.9. The van der Waals surface area contributed by atoms with Gasteiger partial charge in [0.25, 0.3) is 5.91 Å². The molecule has 3 aromatic rings. The van der Waals surface area contributed by atoms with Crippen molar-refractivity contribution < 1.29 is 4.79 Å². The van der Waals surface area contributed by atoms with Crippen LogP contribution < -0.4 is 15.1 Å². The molecule has 0 spiro atoms. The topological polar surface area (TPSA) is 88.4 Å². The molecule has 5 rings (SSSR count). The molecule has 2 fully saturated rings. The Morgan fingerprint density at radius 1 is 0.919 bits per heavy atom. The van der Waals surface area contributed by atoms with Gasteiger partial charge in [0.15, 0.2) is 0 Å². The van der Waals surface area contributed by atoms with Crippen LogP contribution in [0.5, 0.6) is 0 Å². The molecule has 190 valence electrons. The molecule has 0 radical (unpaired) electrons. The van der Waals surface area contributed by atoms with Crippen LogP contribution in [-0.2, 0) is 0 Å².